The fraction of sp³-hybridized carbons (Fsp3) is 1.00. The second kappa shape index (κ2) is 7.63. The van der Waals surface area contributed by atoms with Crippen molar-refractivity contribution < 1.29 is 25.2 Å². The first-order valence-corrected chi connectivity index (χ1v) is 11.7. The van der Waals surface area contributed by atoms with Crippen molar-refractivity contribution in [1.29, 1.82) is 0 Å². The summed E-state index contributed by atoms with van der Waals surface area (Å²) in [6, 6.07) is 0. The fourth-order valence-corrected chi connectivity index (χ4v) is 7.70. The number of halogens is 6. The van der Waals surface area contributed by atoms with Crippen LogP contribution in [0.1, 0.15) is 53.4 Å². The Hall–Kier alpha value is 0.440. The molecule has 128 valence electrons. The molecule has 0 aliphatic carbocycles. The maximum absolute atomic E-state index is 10.7. The number of hydrogen-bond donors (Lipinski definition) is 0. The van der Waals surface area contributed by atoms with E-state index in [9.17, 15) is 25.2 Å². The first kappa shape index (κ1) is 22.7. The molecule has 0 aromatic heterocycles. The molecule has 0 spiro atoms. The molecule has 0 N–H and O–H groups in total. The van der Waals surface area contributed by atoms with Crippen molar-refractivity contribution in [3.63, 3.8) is 0 Å². The summed E-state index contributed by atoms with van der Waals surface area (Å²) in [5, 5.41) is 0. The molecule has 0 bridgehead atoms. The maximum atomic E-state index is 9.87. The Balaban J connectivity index is 0. The summed E-state index contributed by atoms with van der Waals surface area (Å²) >= 11 is 0. The third-order valence-corrected chi connectivity index (χ3v) is 8.38. The van der Waals surface area contributed by atoms with Gasteiger partial charge in [0.25, 0.3) is 0 Å². The Bertz CT molecular complexity index is 218. The quantitative estimate of drug-likeness (QED) is 0.308. The molecule has 0 aliphatic heterocycles. The van der Waals surface area contributed by atoms with E-state index in [4.69, 9.17) is 0 Å². The van der Waals surface area contributed by atoms with Crippen LogP contribution in [0.2, 0.25) is 0 Å². The zero-order valence-corrected chi connectivity index (χ0v) is 14.6. The summed E-state index contributed by atoms with van der Waals surface area (Å²) in [7, 11) is -11.2. The van der Waals surface area contributed by atoms with Crippen molar-refractivity contribution in [2.24, 2.45) is 0 Å². The molecule has 0 aromatic rings. The average Bonchev–Trinajstić information content (AvgIpc) is 2.14. The molecule has 0 heterocycles. The van der Waals surface area contributed by atoms with Crippen LogP contribution in [-0.4, -0.2) is 24.6 Å². The van der Waals surface area contributed by atoms with Crippen molar-refractivity contribution in [3.05, 3.63) is 0 Å². The molecule has 0 fully saturated rings. The van der Waals surface area contributed by atoms with Crippen molar-refractivity contribution in [3.8, 4) is 0 Å². The van der Waals surface area contributed by atoms with Crippen molar-refractivity contribution in [2.75, 3.05) is 24.6 Å². The second-order valence-electron chi connectivity index (χ2n) is 5.19. The minimum atomic E-state index is -10.7. The Labute approximate surface area is 119 Å². The van der Waals surface area contributed by atoms with E-state index in [0.29, 0.717) is 0 Å². The molecule has 0 radical (unpaired) electrons. The van der Waals surface area contributed by atoms with E-state index >= 15 is 0 Å². The summed E-state index contributed by atoms with van der Waals surface area (Å²) in [6.45, 7) is 9.43. The van der Waals surface area contributed by atoms with Gasteiger partial charge in [-0.25, -0.2) is 0 Å². The molecule has 8 heteroatoms. The molecule has 0 unspecified atom stereocenters. The van der Waals surface area contributed by atoms with E-state index in [1.165, 1.54) is 25.7 Å². The van der Waals surface area contributed by atoms with E-state index in [1.54, 1.807) is 24.6 Å². The van der Waals surface area contributed by atoms with E-state index < -0.39 is 15.1 Å². The third-order valence-electron chi connectivity index (χ3n) is 2.79. The Morgan fingerprint density at radius 2 is 0.700 bits per heavy atom. The molecule has 0 atom stereocenters. The van der Waals surface area contributed by atoms with Crippen LogP contribution in [0.3, 0.4) is 0 Å². The molecule has 0 nitrogen and oxygen atoms in total. The summed E-state index contributed by atoms with van der Waals surface area (Å²) in [4.78, 5) is 0. The Kier molecular flexibility index (Phi) is 8.66. The minimum absolute atomic E-state index is 0.496. The van der Waals surface area contributed by atoms with E-state index in [1.807, 2.05) is 0 Å². The van der Waals surface area contributed by atoms with Crippen molar-refractivity contribution in [2.45, 2.75) is 53.4 Å². The van der Waals surface area contributed by atoms with Crippen molar-refractivity contribution in [1.82, 2.24) is 0 Å². The molecule has 0 aliphatic rings. The summed E-state index contributed by atoms with van der Waals surface area (Å²) in [5.41, 5.74) is 0. The van der Waals surface area contributed by atoms with Gasteiger partial charge in [-0.05, 0) is 25.7 Å². The molecular weight excluding hydrogens is 320 g/mol. The summed E-state index contributed by atoms with van der Waals surface area (Å²) in [6.07, 6.45) is 11.9. The monoisotopic (exact) mass is 348 g/mol. The van der Waals surface area contributed by atoms with Gasteiger partial charge in [-0.1, -0.05) is 27.7 Å². The SMILES string of the molecule is CCC[P+](CCC)(CCC)CCC.F[P-](F)(F)(F)(F)F. The van der Waals surface area contributed by atoms with Crippen LogP contribution in [0, 0.1) is 0 Å². The van der Waals surface area contributed by atoms with Gasteiger partial charge in [0.2, 0.25) is 0 Å². The molecule has 20 heavy (non-hydrogen) atoms. The summed E-state index contributed by atoms with van der Waals surface area (Å²) in [5.74, 6) is 0. The van der Waals surface area contributed by atoms with Crippen LogP contribution in [0.25, 0.3) is 0 Å². The fourth-order valence-electron chi connectivity index (χ4n) is 2.57. The normalized spacial score (nSPS) is 15.9. The molecule has 0 aromatic carbocycles. The van der Waals surface area contributed by atoms with Gasteiger partial charge in [0.05, 0.1) is 24.6 Å². The van der Waals surface area contributed by atoms with Gasteiger partial charge in [-0.3, -0.25) is 0 Å². The third kappa shape index (κ3) is 20.8. The zero-order chi connectivity index (χ0) is 16.6. The first-order chi connectivity index (χ1) is 8.69. The Morgan fingerprint density at radius 1 is 0.550 bits per heavy atom. The van der Waals surface area contributed by atoms with Gasteiger partial charge in [0.15, 0.2) is 0 Å². The predicted octanol–water partition coefficient (Wildman–Crippen LogP) is 8.03. The standard InChI is InChI=1S/C12H28P.F6P/c1-5-9-13(10-6-2,11-7-3)12-8-4;1-7(2,3,4,5)6/h5-12H2,1-4H3;/q+1;-1. The average molecular weight is 348 g/mol. The van der Waals surface area contributed by atoms with Crippen LogP contribution < -0.4 is 0 Å². The van der Waals surface area contributed by atoms with Crippen LogP contribution in [-0.2, 0) is 0 Å². The van der Waals surface area contributed by atoms with Crippen LogP contribution in [0.5, 0.6) is 0 Å². The van der Waals surface area contributed by atoms with Gasteiger partial charge in [0.1, 0.15) is 0 Å². The van der Waals surface area contributed by atoms with E-state index in [-0.39, 0.29) is 0 Å². The molecular formula is C12H28F6P2. The van der Waals surface area contributed by atoms with Gasteiger partial charge >= 0.3 is 33.0 Å². The number of rotatable bonds is 8. The van der Waals surface area contributed by atoms with Gasteiger partial charge in [0, 0.05) is 7.26 Å². The van der Waals surface area contributed by atoms with E-state index in [2.05, 4.69) is 27.7 Å². The van der Waals surface area contributed by atoms with Crippen molar-refractivity contribution >= 4 is 15.1 Å². The molecule has 0 saturated heterocycles. The van der Waals surface area contributed by atoms with E-state index in [0.717, 1.165) is 0 Å². The van der Waals surface area contributed by atoms with Gasteiger partial charge in [-0.2, -0.15) is 0 Å². The van der Waals surface area contributed by atoms with Gasteiger partial charge < -0.3 is 0 Å². The molecule has 0 rings (SSSR count). The topological polar surface area (TPSA) is 0 Å². The second-order valence-corrected chi connectivity index (χ2v) is 11.6. The van der Waals surface area contributed by atoms with Gasteiger partial charge in [-0.15, -0.1) is 0 Å². The van der Waals surface area contributed by atoms with Crippen LogP contribution in [0.4, 0.5) is 25.2 Å². The molecule has 0 amide bonds. The first-order valence-electron chi connectivity index (χ1n) is 7.11. The summed E-state index contributed by atoms with van der Waals surface area (Å²) < 4.78 is 59.2. The van der Waals surface area contributed by atoms with Crippen LogP contribution in [0.15, 0.2) is 0 Å². The Morgan fingerprint density at radius 3 is 0.800 bits per heavy atom. The predicted molar refractivity (Wildman–Crippen MR) is 81.1 cm³/mol. The van der Waals surface area contributed by atoms with Crippen LogP contribution >= 0.6 is 15.1 Å². The molecule has 0 saturated carbocycles. The zero-order valence-electron chi connectivity index (χ0n) is 12.8. The number of hydrogen-bond acceptors (Lipinski definition) is 0.